The summed E-state index contributed by atoms with van der Waals surface area (Å²) in [6.07, 6.45) is 2.05. The Kier molecular flexibility index (Phi) is 6.56. The van der Waals surface area contributed by atoms with Crippen LogP contribution >= 0.6 is 15.9 Å². The van der Waals surface area contributed by atoms with Gasteiger partial charge in [0.1, 0.15) is 5.57 Å². The highest BCUT2D eigenvalue weighted by Gasteiger charge is 2.37. The molecule has 8 heteroatoms. The zero-order chi connectivity index (χ0) is 21.8. The number of carbonyl (C=O) groups is 3. The molecular formula is C22H21BrN2O5. The highest BCUT2D eigenvalue weighted by molar-refractivity contribution is 9.10. The number of ether oxygens (including phenoxy) is 2. The predicted molar refractivity (Wildman–Crippen MR) is 117 cm³/mol. The first-order valence-electron chi connectivity index (χ1n) is 9.40. The minimum Gasteiger partial charge on any atom is -0.493 e. The zero-order valence-corrected chi connectivity index (χ0v) is 18.4. The fourth-order valence-electron chi connectivity index (χ4n) is 3.18. The predicted octanol–water partition coefficient (Wildman–Crippen LogP) is 4.09. The Morgan fingerprint density at radius 1 is 1.13 bits per heavy atom. The first kappa shape index (κ1) is 21.6. The van der Waals surface area contributed by atoms with E-state index in [1.54, 1.807) is 24.3 Å². The number of aryl methyl sites for hydroxylation is 1. The summed E-state index contributed by atoms with van der Waals surface area (Å²) in [6, 6.07) is 9.69. The lowest BCUT2D eigenvalue weighted by molar-refractivity contribution is -0.122. The molecular weight excluding hydrogens is 452 g/mol. The smallest absolute Gasteiger partial charge is 0.335 e. The third-order valence-electron chi connectivity index (χ3n) is 4.57. The second-order valence-electron chi connectivity index (χ2n) is 6.41. The highest BCUT2D eigenvalue weighted by Crippen LogP contribution is 2.37. The van der Waals surface area contributed by atoms with Gasteiger partial charge in [-0.2, -0.15) is 0 Å². The van der Waals surface area contributed by atoms with E-state index in [-0.39, 0.29) is 5.57 Å². The number of rotatable bonds is 6. The number of amides is 4. The van der Waals surface area contributed by atoms with Gasteiger partial charge in [-0.25, -0.2) is 9.69 Å². The molecule has 1 saturated heterocycles. The van der Waals surface area contributed by atoms with E-state index in [4.69, 9.17) is 9.47 Å². The van der Waals surface area contributed by atoms with E-state index < -0.39 is 17.8 Å². The van der Waals surface area contributed by atoms with Gasteiger partial charge in [-0.05, 0) is 64.7 Å². The number of nitrogens with one attached hydrogen (secondary N) is 1. The zero-order valence-electron chi connectivity index (χ0n) is 16.8. The summed E-state index contributed by atoms with van der Waals surface area (Å²) in [5.74, 6) is -0.464. The first-order valence-corrected chi connectivity index (χ1v) is 10.2. The summed E-state index contributed by atoms with van der Waals surface area (Å²) in [7, 11) is 1.50. The fraction of sp³-hybridized carbons (Fsp3) is 0.227. The average molecular weight is 473 g/mol. The molecule has 0 radical (unpaired) electrons. The average Bonchev–Trinajstić information content (AvgIpc) is 2.73. The maximum absolute atomic E-state index is 13.1. The van der Waals surface area contributed by atoms with Gasteiger partial charge in [-0.3, -0.25) is 14.9 Å². The summed E-state index contributed by atoms with van der Waals surface area (Å²) in [5, 5.41) is 2.25. The third-order valence-corrected chi connectivity index (χ3v) is 5.16. The summed E-state index contributed by atoms with van der Waals surface area (Å²) < 4.78 is 11.5. The molecule has 2 aromatic rings. The highest BCUT2D eigenvalue weighted by atomic mass is 79.9. The monoisotopic (exact) mass is 472 g/mol. The number of hydrogen-bond donors (Lipinski definition) is 1. The number of halogens is 1. The van der Waals surface area contributed by atoms with Crippen LogP contribution < -0.4 is 19.7 Å². The van der Waals surface area contributed by atoms with Crippen molar-refractivity contribution in [3.8, 4) is 11.5 Å². The molecule has 1 aliphatic heterocycles. The van der Waals surface area contributed by atoms with E-state index in [2.05, 4.69) is 21.2 Å². The lowest BCUT2D eigenvalue weighted by Gasteiger charge is -2.28. The lowest BCUT2D eigenvalue weighted by atomic mass is 10.0. The second kappa shape index (κ2) is 9.13. The van der Waals surface area contributed by atoms with Crippen molar-refractivity contribution in [3.05, 3.63) is 57.6 Å². The van der Waals surface area contributed by atoms with Crippen molar-refractivity contribution in [3.63, 3.8) is 0 Å². The molecule has 0 bridgehead atoms. The number of carbonyl (C=O) groups excluding carboxylic acids is 3. The number of imide groups is 2. The Labute approximate surface area is 182 Å². The van der Waals surface area contributed by atoms with Crippen LogP contribution in [-0.4, -0.2) is 31.6 Å². The standard InChI is InChI=1S/C22H21BrN2O5/c1-4-14-8-6-7-9-17(14)25-21(27)15(20(26)24-22(25)28)10-13-11-16(23)19(30-5-2)18(12-13)29-3/h6-12H,4-5H2,1-3H3,(H,24,26,28)/b15-10+. The molecule has 0 unspecified atom stereocenters. The topological polar surface area (TPSA) is 84.9 Å². The van der Waals surface area contributed by atoms with Gasteiger partial charge in [0.2, 0.25) is 0 Å². The Balaban J connectivity index is 2.06. The van der Waals surface area contributed by atoms with Gasteiger partial charge in [0.15, 0.2) is 11.5 Å². The Bertz CT molecular complexity index is 1050. The number of barbiturate groups is 1. The van der Waals surface area contributed by atoms with Gasteiger partial charge in [0.25, 0.3) is 11.8 Å². The van der Waals surface area contributed by atoms with Crippen LogP contribution in [-0.2, 0) is 16.0 Å². The summed E-state index contributed by atoms with van der Waals surface area (Å²) in [5.41, 5.74) is 1.66. The van der Waals surface area contributed by atoms with Crippen LogP contribution in [0.3, 0.4) is 0 Å². The Morgan fingerprint density at radius 3 is 2.53 bits per heavy atom. The van der Waals surface area contributed by atoms with Crippen molar-refractivity contribution in [1.82, 2.24) is 5.32 Å². The summed E-state index contributed by atoms with van der Waals surface area (Å²) in [6.45, 7) is 4.23. The molecule has 1 N–H and O–H groups in total. The number of urea groups is 1. The molecule has 0 aromatic heterocycles. The molecule has 0 aliphatic carbocycles. The van der Waals surface area contributed by atoms with Crippen molar-refractivity contribution < 1.29 is 23.9 Å². The molecule has 1 fully saturated rings. The van der Waals surface area contributed by atoms with E-state index in [0.29, 0.717) is 40.3 Å². The van der Waals surface area contributed by atoms with E-state index in [1.165, 1.54) is 13.2 Å². The van der Waals surface area contributed by atoms with Crippen LogP contribution in [0.5, 0.6) is 11.5 Å². The number of para-hydroxylation sites is 1. The summed E-state index contributed by atoms with van der Waals surface area (Å²) >= 11 is 3.43. The number of benzene rings is 2. The molecule has 3 rings (SSSR count). The van der Waals surface area contributed by atoms with Crippen LogP contribution in [0, 0.1) is 0 Å². The Morgan fingerprint density at radius 2 is 1.87 bits per heavy atom. The first-order chi connectivity index (χ1) is 14.4. The molecule has 30 heavy (non-hydrogen) atoms. The van der Waals surface area contributed by atoms with Gasteiger partial charge in [0.05, 0.1) is 23.9 Å². The van der Waals surface area contributed by atoms with Crippen LogP contribution in [0.1, 0.15) is 25.0 Å². The van der Waals surface area contributed by atoms with Crippen LogP contribution in [0.2, 0.25) is 0 Å². The van der Waals surface area contributed by atoms with Crippen LogP contribution in [0.4, 0.5) is 10.5 Å². The van der Waals surface area contributed by atoms with Gasteiger partial charge >= 0.3 is 6.03 Å². The van der Waals surface area contributed by atoms with E-state index >= 15 is 0 Å². The molecule has 7 nitrogen and oxygen atoms in total. The number of nitrogens with zero attached hydrogens (tertiary/aromatic N) is 1. The van der Waals surface area contributed by atoms with Crippen LogP contribution in [0.15, 0.2) is 46.4 Å². The van der Waals surface area contributed by atoms with Crippen molar-refractivity contribution in [2.24, 2.45) is 0 Å². The molecule has 1 heterocycles. The van der Waals surface area contributed by atoms with Crippen molar-refractivity contribution >= 4 is 45.5 Å². The quantitative estimate of drug-likeness (QED) is 0.505. The maximum Gasteiger partial charge on any atom is 0.335 e. The van der Waals surface area contributed by atoms with Gasteiger partial charge in [-0.15, -0.1) is 0 Å². The van der Waals surface area contributed by atoms with Gasteiger partial charge in [0, 0.05) is 0 Å². The largest absolute Gasteiger partial charge is 0.493 e. The van der Waals surface area contributed by atoms with Gasteiger partial charge < -0.3 is 9.47 Å². The molecule has 0 saturated carbocycles. The maximum atomic E-state index is 13.1. The molecule has 0 atom stereocenters. The molecule has 156 valence electrons. The SMILES string of the molecule is CCOc1c(Br)cc(/C=C2\C(=O)NC(=O)N(c3ccccc3CC)C2=O)cc1OC. The Hall–Kier alpha value is -3.13. The molecule has 0 spiro atoms. The number of methoxy groups -OCH3 is 1. The summed E-state index contributed by atoms with van der Waals surface area (Å²) in [4.78, 5) is 39.0. The molecule has 2 aromatic carbocycles. The van der Waals surface area contributed by atoms with Crippen molar-refractivity contribution in [1.29, 1.82) is 0 Å². The fourth-order valence-corrected chi connectivity index (χ4v) is 3.75. The van der Waals surface area contributed by atoms with Crippen molar-refractivity contribution in [2.45, 2.75) is 20.3 Å². The van der Waals surface area contributed by atoms with Crippen molar-refractivity contribution in [2.75, 3.05) is 18.6 Å². The minimum atomic E-state index is -0.770. The second-order valence-corrected chi connectivity index (χ2v) is 7.26. The number of hydrogen-bond acceptors (Lipinski definition) is 5. The third kappa shape index (κ3) is 4.09. The van der Waals surface area contributed by atoms with E-state index in [0.717, 1.165) is 10.5 Å². The van der Waals surface area contributed by atoms with Crippen LogP contribution in [0.25, 0.3) is 6.08 Å². The minimum absolute atomic E-state index is 0.154. The van der Waals surface area contributed by atoms with Gasteiger partial charge in [-0.1, -0.05) is 25.1 Å². The lowest BCUT2D eigenvalue weighted by Crippen LogP contribution is -2.54. The normalized spacial score (nSPS) is 15.4. The van der Waals surface area contributed by atoms with E-state index in [9.17, 15) is 14.4 Å². The molecule has 4 amide bonds. The number of anilines is 1. The van der Waals surface area contributed by atoms with E-state index in [1.807, 2.05) is 26.0 Å². The molecule has 1 aliphatic rings.